The average molecular weight is 225 g/mol. The topological polar surface area (TPSA) is 50.1 Å². The summed E-state index contributed by atoms with van der Waals surface area (Å²) in [7, 11) is 0. The van der Waals surface area contributed by atoms with E-state index in [-0.39, 0.29) is 6.61 Å². The van der Waals surface area contributed by atoms with E-state index in [0.717, 1.165) is 31.7 Å². The summed E-state index contributed by atoms with van der Waals surface area (Å²) < 4.78 is 2.05. The first-order valence-corrected chi connectivity index (χ1v) is 5.96. The van der Waals surface area contributed by atoms with Gasteiger partial charge in [-0.1, -0.05) is 6.92 Å². The molecule has 0 saturated heterocycles. The van der Waals surface area contributed by atoms with Crippen LogP contribution in [-0.2, 0) is 6.54 Å². The van der Waals surface area contributed by atoms with Crippen molar-refractivity contribution in [2.45, 2.75) is 33.7 Å². The maximum Gasteiger partial charge on any atom is 0.0596 e. The third kappa shape index (κ3) is 4.33. The summed E-state index contributed by atoms with van der Waals surface area (Å²) in [5.74, 6) is 0.341. The molecule has 0 aliphatic carbocycles. The van der Waals surface area contributed by atoms with Crippen molar-refractivity contribution in [3.8, 4) is 0 Å². The van der Waals surface area contributed by atoms with Gasteiger partial charge in [0, 0.05) is 18.8 Å². The second-order valence-corrected chi connectivity index (χ2v) is 4.50. The molecule has 0 saturated carbocycles. The Morgan fingerprint density at radius 1 is 1.50 bits per heavy atom. The van der Waals surface area contributed by atoms with Crippen LogP contribution >= 0.6 is 0 Å². The number of hydrogen-bond acceptors (Lipinski definition) is 3. The zero-order chi connectivity index (χ0) is 12.0. The predicted molar refractivity (Wildman–Crippen MR) is 65.4 cm³/mol. The van der Waals surface area contributed by atoms with Gasteiger partial charge in [-0.25, -0.2) is 0 Å². The molecule has 1 atom stereocenters. The molecule has 0 bridgehead atoms. The molecule has 2 N–H and O–H groups in total. The van der Waals surface area contributed by atoms with Gasteiger partial charge in [-0.2, -0.15) is 5.10 Å². The van der Waals surface area contributed by atoms with E-state index in [9.17, 15) is 0 Å². The lowest BCUT2D eigenvalue weighted by Gasteiger charge is -2.09. The van der Waals surface area contributed by atoms with Crippen LogP contribution in [0.15, 0.2) is 6.07 Å². The van der Waals surface area contributed by atoms with Gasteiger partial charge >= 0.3 is 0 Å². The number of rotatable bonds is 7. The number of aromatic nitrogens is 2. The number of aliphatic hydroxyl groups is 1. The Hall–Kier alpha value is -0.870. The summed E-state index contributed by atoms with van der Waals surface area (Å²) in [4.78, 5) is 0. The van der Waals surface area contributed by atoms with Crippen molar-refractivity contribution in [1.29, 1.82) is 0 Å². The number of nitrogens with zero attached hydrogens (tertiary/aromatic N) is 2. The van der Waals surface area contributed by atoms with Crippen LogP contribution in [0.4, 0.5) is 0 Å². The minimum absolute atomic E-state index is 0.254. The molecule has 1 unspecified atom stereocenters. The third-order valence-electron chi connectivity index (χ3n) is 2.63. The van der Waals surface area contributed by atoms with Crippen LogP contribution < -0.4 is 5.32 Å². The van der Waals surface area contributed by atoms with E-state index in [1.165, 1.54) is 5.69 Å². The first-order valence-electron chi connectivity index (χ1n) is 5.96. The molecule has 0 aromatic carbocycles. The van der Waals surface area contributed by atoms with E-state index in [1.807, 2.05) is 18.5 Å². The van der Waals surface area contributed by atoms with E-state index in [2.05, 4.69) is 23.4 Å². The monoisotopic (exact) mass is 225 g/mol. The van der Waals surface area contributed by atoms with Crippen LogP contribution in [0.1, 0.15) is 24.7 Å². The molecule has 0 aliphatic heterocycles. The summed E-state index contributed by atoms with van der Waals surface area (Å²) in [6.07, 6.45) is 1.07. The Morgan fingerprint density at radius 2 is 2.25 bits per heavy atom. The van der Waals surface area contributed by atoms with Crippen molar-refractivity contribution in [1.82, 2.24) is 15.1 Å². The Kier molecular flexibility index (Phi) is 5.49. The highest BCUT2D eigenvalue weighted by atomic mass is 16.3. The molecule has 0 fully saturated rings. The molecule has 0 radical (unpaired) electrons. The highest BCUT2D eigenvalue weighted by molar-refractivity contribution is 5.06. The molecule has 4 nitrogen and oxygen atoms in total. The lowest BCUT2D eigenvalue weighted by molar-refractivity contribution is 0.233. The van der Waals surface area contributed by atoms with Crippen molar-refractivity contribution >= 4 is 0 Å². The van der Waals surface area contributed by atoms with Gasteiger partial charge < -0.3 is 10.4 Å². The van der Waals surface area contributed by atoms with Gasteiger partial charge in [0.1, 0.15) is 0 Å². The highest BCUT2D eigenvalue weighted by Crippen LogP contribution is 2.02. The molecule has 1 aromatic rings. The molecular weight excluding hydrogens is 202 g/mol. The van der Waals surface area contributed by atoms with Gasteiger partial charge in [0.25, 0.3) is 0 Å². The fraction of sp³-hybridized carbons (Fsp3) is 0.750. The van der Waals surface area contributed by atoms with Crippen molar-refractivity contribution in [2.75, 3.05) is 19.7 Å². The third-order valence-corrected chi connectivity index (χ3v) is 2.63. The smallest absolute Gasteiger partial charge is 0.0596 e. The molecule has 16 heavy (non-hydrogen) atoms. The largest absolute Gasteiger partial charge is 0.396 e. The summed E-state index contributed by atoms with van der Waals surface area (Å²) in [6, 6.07) is 2.10. The molecule has 1 rings (SSSR count). The Morgan fingerprint density at radius 3 is 2.81 bits per heavy atom. The Balaban J connectivity index is 2.14. The average Bonchev–Trinajstić information content (AvgIpc) is 2.56. The van der Waals surface area contributed by atoms with Crippen molar-refractivity contribution in [3.05, 3.63) is 17.5 Å². The van der Waals surface area contributed by atoms with Crippen LogP contribution in [-0.4, -0.2) is 34.6 Å². The maximum absolute atomic E-state index is 8.85. The van der Waals surface area contributed by atoms with Gasteiger partial charge in [-0.05, 0) is 45.3 Å². The van der Waals surface area contributed by atoms with Crippen molar-refractivity contribution in [2.24, 2.45) is 5.92 Å². The lowest BCUT2D eigenvalue weighted by atomic mass is 10.2. The van der Waals surface area contributed by atoms with Crippen LogP contribution in [0.25, 0.3) is 0 Å². The van der Waals surface area contributed by atoms with Gasteiger partial charge in [0.05, 0.1) is 5.69 Å². The predicted octanol–water partition coefficient (Wildman–Crippen LogP) is 1.11. The van der Waals surface area contributed by atoms with E-state index in [0.29, 0.717) is 5.92 Å². The van der Waals surface area contributed by atoms with E-state index < -0.39 is 0 Å². The molecular formula is C12H23N3O. The first kappa shape index (κ1) is 13.2. The SMILES string of the molecule is Cc1cc(C)n(CCCNCC(C)CO)n1. The standard InChI is InChI=1S/C12H23N3O/c1-10(9-16)8-13-5-4-6-15-12(3)7-11(2)14-15/h7,10,13,16H,4-6,8-9H2,1-3H3. The van der Waals surface area contributed by atoms with Crippen molar-refractivity contribution in [3.63, 3.8) is 0 Å². The Labute approximate surface area is 97.7 Å². The molecule has 1 heterocycles. The van der Waals surface area contributed by atoms with Crippen LogP contribution in [0.5, 0.6) is 0 Å². The minimum Gasteiger partial charge on any atom is -0.396 e. The van der Waals surface area contributed by atoms with Crippen LogP contribution in [0.3, 0.4) is 0 Å². The lowest BCUT2D eigenvalue weighted by Crippen LogP contribution is -2.25. The molecule has 0 aliphatic rings. The zero-order valence-corrected chi connectivity index (χ0v) is 10.5. The second kappa shape index (κ2) is 6.66. The van der Waals surface area contributed by atoms with Gasteiger partial charge in [-0.3, -0.25) is 4.68 Å². The first-order chi connectivity index (χ1) is 7.63. The second-order valence-electron chi connectivity index (χ2n) is 4.50. The van der Waals surface area contributed by atoms with E-state index in [4.69, 9.17) is 5.11 Å². The Bertz CT molecular complexity index is 309. The molecule has 0 spiro atoms. The summed E-state index contributed by atoms with van der Waals surface area (Å²) in [6.45, 7) is 9.21. The maximum atomic E-state index is 8.85. The number of aryl methyl sites for hydroxylation is 3. The number of nitrogens with one attached hydrogen (secondary N) is 1. The molecule has 0 amide bonds. The quantitative estimate of drug-likeness (QED) is 0.683. The number of aliphatic hydroxyl groups excluding tert-OH is 1. The summed E-state index contributed by atoms with van der Waals surface area (Å²) in [5.41, 5.74) is 2.31. The summed E-state index contributed by atoms with van der Waals surface area (Å²) >= 11 is 0. The highest BCUT2D eigenvalue weighted by Gasteiger charge is 2.01. The normalized spacial score (nSPS) is 13.0. The van der Waals surface area contributed by atoms with Gasteiger partial charge in [0.15, 0.2) is 0 Å². The van der Waals surface area contributed by atoms with E-state index >= 15 is 0 Å². The molecule has 92 valence electrons. The molecule has 1 aromatic heterocycles. The fourth-order valence-electron chi connectivity index (χ4n) is 1.67. The minimum atomic E-state index is 0.254. The van der Waals surface area contributed by atoms with Gasteiger partial charge in [-0.15, -0.1) is 0 Å². The van der Waals surface area contributed by atoms with Crippen molar-refractivity contribution < 1.29 is 5.11 Å². The number of hydrogen-bond donors (Lipinski definition) is 2. The zero-order valence-electron chi connectivity index (χ0n) is 10.5. The van der Waals surface area contributed by atoms with Crippen LogP contribution in [0, 0.1) is 19.8 Å². The summed E-state index contributed by atoms with van der Waals surface area (Å²) in [5, 5.41) is 16.6. The van der Waals surface area contributed by atoms with Gasteiger partial charge in [0.2, 0.25) is 0 Å². The fourth-order valence-corrected chi connectivity index (χ4v) is 1.67. The molecule has 4 heteroatoms. The van der Waals surface area contributed by atoms with E-state index in [1.54, 1.807) is 0 Å². The van der Waals surface area contributed by atoms with Crippen LogP contribution in [0.2, 0.25) is 0 Å².